The largest absolute Gasteiger partial charge is 0.455 e. The maximum absolute atomic E-state index is 13.8. The molecule has 3 bridgehead atoms. The maximum atomic E-state index is 13.8. The summed E-state index contributed by atoms with van der Waals surface area (Å²) < 4.78 is 33.2. The fourth-order valence-electron chi connectivity index (χ4n) is 9.24. The number of esters is 1. The van der Waals surface area contributed by atoms with E-state index in [1.807, 2.05) is 19.1 Å². The lowest BCUT2D eigenvalue weighted by molar-refractivity contribution is -0.407. The molecule has 252 valence electrons. The number of carbonyl (C=O) groups excluding carboxylic acids is 2. The average Bonchev–Trinajstić information content (AvgIpc) is 3.69. The Bertz CT molecular complexity index is 1570. The Morgan fingerprint density at radius 1 is 1.11 bits per heavy atom. The van der Waals surface area contributed by atoms with E-state index < -0.39 is 88.9 Å². The number of hydrogen-bond donors (Lipinski definition) is 3. The number of ether oxygens (including phenoxy) is 5. The summed E-state index contributed by atoms with van der Waals surface area (Å²) in [5.74, 6) is -5.81. The van der Waals surface area contributed by atoms with Crippen molar-refractivity contribution in [2.24, 2.45) is 17.8 Å². The third-order valence-electron chi connectivity index (χ3n) is 11.5. The van der Waals surface area contributed by atoms with Crippen molar-refractivity contribution in [3.05, 3.63) is 84.0 Å². The number of allylic oxidation sites excluding steroid dienone is 3. The van der Waals surface area contributed by atoms with E-state index >= 15 is 0 Å². The fraction of sp³-hybridized carbons (Fsp3) is 0.568. The first-order valence-electron chi connectivity index (χ1n) is 16.7. The second-order valence-corrected chi connectivity index (χ2v) is 14.1. The normalized spacial score (nSPS) is 45.8. The molecular weight excluding hydrogens is 604 g/mol. The summed E-state index contributed by atoms with van der Waals surface area (Å²) in [6.45, 7) is 11.0. The minimum atomic E-state index is -2.41. The number of ketones is 1. The summed E-state index contributed by atoms with van der Waals surface area (Å²) in [5, 5.41) is 34.9. The summed E-state index contributed by atoms with van der Waals surface area (Å²) in [4.78, 5) is 27.6. The molecule has 12 atom stereocenters. The minimum absolute atomic E-state index is 0.238. The Kier molecular flexibility index (Phi) is 7.65. The van der Waals surface area contributed by atoms with Crippen LogP contribution in [-0.4, -0.2) is 86.5 Å². The van der Waals surface area contributed by atoms with Gasteiger partial charge in [-0.15, -0.1) is 0 Å². The molecule has 10 nitrogen and oxygen atoms in total. The highest BCUT2D eigenvalue weighted by Crippen LogP contribution is 2.73. The molecule has 0 aromatic heterocycles. The number of aliphatic hydroxyl groups is 3. The van der Waals surface area contributed by atoms with Gasteiger partial charge in [-0.2, -0.15) is 0 Å². The quantitative estimate of drug-likeness (QED) is 0.113. The van der Waals surface area contributed by atoms with Crippen molar-refractivity contribution in [2.75, 3.05) is 6.61 Å². The van der Waals surface area contributed by atoms with Gasteiger partial charge in [-0.3, -0.25) is 4.79 Å². The lowest BCUT2D eigenvalue weighted by Crippen LogP contribution is -2.76. The molecule has 1 aromatic carbocycles. The topological polar surface area (TPSA) is 144 Å². The van der Waals surface area contributed by atoms with Crippen LogP contribution in [0.15, 0.2) is 78.4 Å². The standard InChI is InChI=1S/C37H44O10/c1-6-7-8-9-10-11-15-18-34-45-30-26-29-33(20-38,44-29)32(41)35(42)25(19-22(4)27(35)39)37(26,47-34)23(5)28(36(30,46-34)21(2)3)43-31(40)24-16-13-12-14-17-24/h10-19,23,25-26,28-30,32,38,41-42H,2,6-9,20H2,1,3-5H3/b11-10+,18-15+/t23-,25+,26+,28-,29+,30-,32-,33+,34-,35-,36+,37+/m1/s1. The van der Waals surface area contributed by atoms with Gasteiger partial charge >= 0.3 is 11.9 Å². The first-order valence-corrected chi connectivity index (χ1v) is 16.7. The van der Waals surface area contributed by atoms with Crippen molar-refractivity contribution in [1.29, 1.82) is 0 Å². The smallest absolute Gasteiger partial charge is 0.338 e. The summed E-state index contributed by atoms with van der Waals surface area (Å²) in [7, 11) is 0. The van der Waals surface area contributed by atoms with Gasteiger partial charge in [0, 0.05) is 23.8 Å². The molecule has 3 N–H and O–H groups in total. The Hall–Kier alpha value is -2.96. The SMILES string of the molecule is C=C(C)[C@@]12O[C@@]3(/C=C/C=C/CCCCC)O[C@@H]1[C@@H]1[C@@H]4O[C@]4(CO)[C@@H](O)[C@]4(O)C(=O)C(C)=C[C@@H]4[C@@]1(O3)[C@H](C)[C@H]2OC(=O)c1ccccc1. The van der Waals surface area contributed by atoms with Crippen LogP contribution in [0.4, 0.5) is 0 Å². The van der Waals surface area contributed by atoms with Crippen LogP contribution in [0.1, 0.15) is 63.7 Å². The molecule has 2 saturated carbocycles. The molecule has 6 aliphatic rings. The zero-order chi connectivity index (χ0) is 33.6. The Morgan fingerprint density at radius 2 is 1.85 bits per heavy atom. The Morgan fingerprint density at radius 3 is 2.53 bits per heavy atom. The number of benzene rings is 1. The molecule has 0 unspecified atom stereocenters. The number of hydrogen-bond acceptors (Lipinski definition) is 10. The summed E-state index contributed by atoms with van der Waals surface area (Å²) in [6.07, 6.45) is 8.51. The molecule has 5 fully saturated rings. The van der Waals surface area contributed by atoms with E-state index in [9.17, 15) is 24.9 Å². The molecule has 0 radical (unpaired) electrons. The predicted octanol–water partition coefficient (Wildman–Crippen LogP) is 3.70. The predicted molar refractivity (Wildman–Crippen MR) is 169 cm³/mol. The second-order valence-electron chi connectivity index (χ2n) is 14.1. The lowest BCUT2D eigenvalue weighted by atomic mass is 9.53. The highest BCUT2D eigenvalue weighted by Gasteiger charge is 2.90. The van der Waals surface area contributed by atoms with Gasteiger partial charge in [0.05, 0.1) is 17.8 Å². The highest BCUT2D eigenvalue weighted by molar-refractivity contribution is 6.05. The van der Waals surface area contributed by atoms with Crippen LogP contribution in [0.5, 0.6) is 0 Å². The van der Waals surface area contributed by atoms with Crippen molar-refractivity contribution >= 4 is 11.8 Å². The molecule has 0 amide bonds. The van der Waals surface area contributed by atoms with Gasteiger partial charge in [0.25, 0.3) is 0 Å². The lowest BCUT2D eigenvalue weighted by Gasteiger charge is -2.61. The van der Waals surface area contributed by atoms with E-state index in [0.717, 1.165) is 25.7 Å². The Labute approximate surface area is 274 Å². The van der Waals surface area contributed by atoms with Crippen molar-refractivity contribution in [1.82, 2.24) is 0 Å². The van der Waals surface area contributed by atoms with Crippen LogP contribution in [0, 0.1) is 17.8 Å². The molecule has 47 heavy (non-hydrogen) atoms. The van der Waals surface area contributed by atoms with Gasteiger partial charge < -0.3 is 39.0 Å². The second kappa shape index (κ2) is 11.0. The first kappa shape index (κ1) is 32.6. The van der Waals surface area contributed by atoms with Gasteiger partial charge in [-0.25, -0.2) is 4.79 Å². The van der Waals surface area contributed by atoms with E-state index in [1.54, 1.807) is 62.4 Å². The molecule has 0 spiro atoms. The third kappa shape index (κ3) is 4.16. The number of carbonyl (C=O) groups is 2. The molecule has 3 heterocycles. The van der Waals surface area contributed by atoms with Gasteiger partial charge in [-0.1, -0.05) is 75.8 Å². The molecule has 3 saturated heterocycles. The van der Waals surface area contributed by atoms with Gasteiger partial charge in [0.1, 0.15) is 30.0 Å². The minimum Gasteiger partial charge on any atom is -0.455 e. The van der Waals surface area contributed by atoms with Crippen molar-refractivity contribution in [2.45, 2.75) is 106 Å². The molecule has 1 aromatic rings. The van der Waals surface area contributed by atoms with Crippen LogP contribution in [0.3, 0.4) is 0 Å². The van der Waals surface area contributed by atoms with E-state index in [4.69, 9.17) is 23.7 Å². The zero-order valence-electron chi connectivity index (χ0n) is 27.3. The van der Waals surface area contributed by atoms with E-state index in [-0.39, 0.29) is 5.57 Å². The van der Waals surface area contributed by atoms with Crippen molar-refractivity contribution in [3.8, 4) is 0 Å². The molecule has 3 aliphatic carbocycles. The summed E-state index contributed by atoms with van der Waals surface area (Å²) in [6, 6.07) is 8.57. The first-order chi connectivity index (χ1) is 22.4. The Balaban J connectivity index is 1.41. The monoisotopic (exact) mass is 648 g/mol. The van der Waals surface area contributed by atoms with Crippen LogP contribution in [-0.2, 0) is 28.5 Å². The van der Waals surface area contributed by atoms with Crippen LogP contribution in [0.25, 0.3) is 0 Å². The zero-order valence-corrected chi connectivity index (χ0v) is 27.3. The van der Waals surface area contributed by atoms with Crippen molar-refractivity contribution < 1.29 is 48.6 Å². The highest BCUT2D eigenvalue weighted by atomic mass is 16.9. The number of aliphatic hydroxyl groups excluding tert-OH is 2. The summed E-state index contributed by atoms with van der Waals surface area (Å²) in [5.41, 5.74) is -6.01. The average molecular weight is 649 g/mol. The van der Waals surface area contributed by atoms with Gasteiger partial charge in [0.15, 0.2) is 17.0 Å². The van der Waals surface area contributed by atoms with Crippen LogP contribution >= 0.6 is 0 Å². The van der Waals surface area contributed by atoms with Crippen LogP contribution < -0.4 is 0 Å². The third-order valence-corrected chi connectivity index (χ3v) is 11.5. The molecule has 3 aliphatic heterocycles. The van der Waals surface area contributed by atoms with Gasteiger partial charge in [-0.05, 0) is 50.0 Å². The number of fused-ring (bicyclic) bond motifs is 3. The fourth-order valence-corrected chi connectivity index (χ4v) is 9.24. The maximum Gasteiger partial charge on any atom is 0.338 e. The number of epoxide rings is 1. The number of unbranched alkanes of at least 4 members (excludes halogenated alkanes) is 3. The van der Waals surface area contributed by atoms with Gasteiger partial charge in [0.2, 0.25) is 0 Å². The molecule has 7 rings (SSSR count). The van der Waals surface area contributed by atoms with Crippen molar-refractivity contribution in [3.63, 3.8) is 0 Å². The molecule has 10 heteroatoms. The summed E-state index contributed by atoms with van der Waals surface area (Å²) >= 11 is 0. The molecular formula is C37H44O10. The van der Waals surface area contributed by atoms with E-state index in [0.29, 0.717) is 11.1 Å². The van der Waals surface area contributed by atoms with Crippen LogP contribution in [0.2, 0.25) is 0 Å². The number of Topliss-reactive ketones (excluding diaryl/α,β-unsaturated/α-hetero) is 1. The van der Waals surface area contributed by atoms with E-state index in [1.165, 1.54) is 0 Å². The van der Waals surface area contributed by atoms with E-state index in [2.05, 4.69) is 13.5 Å². The number of rotatable bonds is 10.